The number of carbonyl (C=O) groups excluding carboxylic acids is 1. The summed E-state index contributed by atoms with van der Waals surface area (Å²) < 4.78 is 0. The third-order valence-electron chi connectivity index (χ3n) is 2.06. The molecule has 0 atom stereocenters. The zero-order valence-corrected chi connectivity index (χ0v) is 9.37. The second-order valence-corrected chi connectivity index (χ2v) is 3.72. The Morgan fingerprint density at radius 2 is 2.20 bits per heavy atom. The summed E-state index contributed by atoms with van der Waals surface area (Å²) in [6.07, 6.45) is 0. The summed E-state index contributed by atoms with van der Waals surface area (Å²) >= 11 is 0. The summed E-state index contributed by atoms with van der Waals surface area (Å²) in [7, 11) is 0. The van der Waals surface area contributed by atoms with E-state index in [4.69, 9.17) is 5.73 Å². The topological polar surface area (TPSA) is 68.0 Å². The van der Waals surface area contributed by atoms with Gasteiger partial charge >= 0.3 is 0 Å². The highest BCUT2D eigenvalue weighted by Crippen LogP contribution is 2.15. The summed E-state index contributed by atoms with van der Waals surface area (Å²) in [5.41, 5.74) is 7.06. The van der Waals surface area contributed by atoms with Crippen molar-refractivity contribution in [1.29, 1.82) is 0 Å². The van der Waals surface area contributed by atoms with Gasteiger partial charge in [0.05, 0.1) is 0 Å². The maximum absolute atomic E-state index is 11.6. The van der Waals surface area contributed by atoms with Gasteiger partial charge in [-0.1, -0.05) is 13.8 Å². The molecule has 0 fully saturated rings. The highest BCUT2D eigenvalue weighted by atomic mass is 16.1. The van der Waals surface area contributed by atoms with Crippen LogP contribution in [0.4, 0.5) is 5.82 Å². The highest BCUT2D eigenvalue weighted by molar-refractivity contribution is 5.94. The number of nitrogens with two attached hydrogens (primary N) is 1. The number of hydrogen-bond donors (Lipinski definition) is 2. The van der Waals surface area contributed by atoms with Gasteiger partial charge in [0.15, 0.2) is 0 Å². The number of carbonyl (C=O) groups is 1. The monoisotopic (exact) mass is 207 g/mol. The lowest BCUT2D eigenvalue weighted by Gasteiger charge is -2.08. The van der Waals surface area contributed by atoms with Gasteiger partial charge in [0.25, 0.3) is 5.91 Å². The van der Waals surface area contributed by atoms with Crippen LogP contribution in [0.25, 0.3) is 0 Å². The van der Waals surface area contributed by atoms with E-state index in [0.717, 1.165) is 5.69 Å². The number of nitrogens with one attached hydrogen (secondary N) is 1. The van der Waals surface area contributed by atoms with Crippen LogP contribution in [0.3, 0.4) is 0 Å². The molecule has 3 N–H and O–H groups in total. The first-order valence-electron chi connectivity index (χ1n) is 5.10. The average Bonchev–Trinajstić information content (AvgIpc) is 2.17. The molecule has 0 saturated carbocycles. The minimum absolute atomic E-state index is 0.103. The number of nitrogens with zero attached hydrogens (tertiary/aromatic N) is 1. The van der Waals surface area contributed by atoms with E-state index in [9.17, 15) is 4.79 Å². The molecule has 0 aliphatic rings. The Morgan fingerprint density at radius 1 is 1.53 bits per heavy atom. The number of amides is 1. The normalized spacial score (nSPS) is 10.4. The molecule has 1 aromatic heterocycles. The molecule has 0 spiro atoms. The van der Waals surface area contributed by atoms with Crippen LogP contribution < -0.4 is 11.1 Å². The van der Waals surface area contributed by atoms with E-state index < -0.39 is 0 Å². The lowest BCUT2D eigenvalue weighted by molar-refractivity contribution is 0.0955. The molecule has 1 rings (SSSR count). The third-order valence-corrected chi connectivity index (χ3v) is 2.06. The van der Waals surface area contributed by atoms with E-state index in [1.165, 1.54) is 0 Å². The number of hydrogen-bond acceptors (Lipinski definition) is 3. The summed E-state index contributed by atoms with van der Waals surface area (Å²) in [5, 5.41) is 2.73. The van der Waals surface area contributed by atoms with E-state index in [2.05, 4.69) is 10.3 Å². The average molecular weight is 207 g/mol. The molecule has 0 bridgehead atoms. The fourth-order valence-electron chi connectivity index (χ4n) is 1.26. The molecule has 1 aromatic rings. The maximum Gasteiger partial charge on any atom is 0.251 e. The van der Waals surface area contributed by atoms with Gasteiger partial charge in [-0.25, -0.2) is 4.98 Å². The fraction of sp³-hybridized carbons (Fsp3) is 0.455. The standard InChI is InChI=1S/C11H17N3O/c1-4-13-11(15)8-5-9(7(2)3)14-10(12)6-8/h5-7H,4H2,1-3H3,(H2,12,14)(H,13,15). The summed E-state index contributed by atoms with van der Waals surface area (Å²) in [4.78, 5) is 15.8. The summed E-state index contributed by atoms with van der Waals surface area (Å²) in [6, 6.07) is 3.38. The lowest BCUT2D eigenvalue weighted by atomic mass is 10.1. The Kier molecular flexibility index (Phi) is 3.66. The van der Waals surface area contributed by atoms with Crippen molar-refractivity contribution >= 4 is 11.7 Å². The minimum atomic E-state index is -0.103. The molecule has 1 amide bonds. The summed E-state index contributed by atoms with van der Waals surface area (Å²) in [5.74, 6) is 0.553. The molecule has 1 heterocycles. The van der Waals surface area contributed by atoms with E-state index >= 15 is 0 Å². The predicted molar refractivity (Wildman–Crippen MR) is 60.7 cm³/mol. The molecule has 4 heteroatoms. The number of nitrogen functional groups attached to an aromatic ring is 1. The van der Waals surface area contributed by atoms with E-state index in [-0.39, 0.29) is 11.8 Å². The van der Waals surface area contributed by atoms with Crippen molar-refractivity contribution in [3.63, 3.8) is 0 Å². The van der Waals surface area contributed by atoms with E-state index in [1.54, 1.807) is 12.1 Å². The van der Waals surface area contributed by atoms with Gasteiger partial charge in [-0.15, -0.1) is 0 Å². The lowest BCUT2D eigenvalue weighted by Crippen LogP contribution is -2.23. The van der Waals surface area contributed by atoms with Gasteiger partial charge in [0.2, 0.25) is 0 Å². The van der Waals surface area contributed by atoms with E-state index in [1.807, 2.05) is 20.8 Å². The van der Waals surface area contributed by atoms with Crippen LogP contribution in [0.2, 0.25) is 0 Å². The highest BCUT2D eigenvalue weighted by Gasteiger charge is 2.09. The molecule has 0 radical (unpaired) electrons. The van der Waals surface area contributed by atoms with Crippen LogP contribution in [0, 0.1) is 0 Å². The van der Waals surface area contributed by atoms with Crippen LogP contribution in [0.15, 0.2) is 12.1 Å². The number of pyridine rings is 1. The van der Waals surface area contributed by atoms with Gasteiger partial charge in [-0.3, -0.25) is 4.79 Å². The van der Waals surface area contributed by atoms with Crippen molar-refractivity contribution in [3.05, 3.63) is 23.4 Å². The van der Waals surface area contributed by atoms with Crippen LogP contribution in [-0.4, -0.2) is 17.4 Å². The second-order valence-electron chi connectivity index (χ2n) is 3.72. The van der Waals surface area contributed by atoms with Crippen LogP contribution >= 0.6 is 0 Å². The number of rotatable bonds is 3. The molecule has 0 unspecified atom stereocenters. The van der Waals surface area contributed by atoms with Gasteiger partial charge in [-0.2, -0.15) is 0 Å². The molecular weight excluding hydrogens is 190 g/mol. The Hall–Kier alpha value is -1.58. The largest absolute Gasteiger partial charge is 0.384 e. The molecule has 4 nitrogen and oxygen atoms in total. The van der Waals surface area contributed by atoms with Crippen LogP contribution in [-0.2, 0) is 0 Å². The smallest absolute Gasteiger partial charge is 0.251 e. The predicted octanol–water partition coefficient (Wildman–Crippen LogP) is 1.54. The Labute approximate surface area is 89.9 Å². The molecule has 0 aliphatic carbocycles. The quantitative estimate of drug-likeness (QED) is 0.790. The second kappa shape index (κ2) is 4.77. The van der Waals surface area contributed by atoms with Gasteiger partial charge < -0.3 is 11.1 Å². The van der Waals surface area contributed by atoms with Crippen LogP contribution in [0.1, 0.15) is 42.7 Å². The molecular formula is C11H17N3O. The SMILES string of the molecule is CCNC(=O)c1cc(N)nc(C(C)C)c1. The van der Waals surface area contributed by atoms with Gasteiger partial charge in [0, 0.05) is 17.8 Å². The molecule has 15 heavy (non-hydrogen) atoms. The first-order chi connectivity index (χ1) is 7.04. The summed E-state index contributed by atoms with van der Waals surface area (Å²) in [6.45, 7) is 6.52. The fourth-order valence-corrected chi connectivity index (χ4v) is 1.26. The zero-order valence-electron chi connectivity index (χ0n) is 9.37. The first-order valence-corrected chi connectivity index (χ1v) is 5.10. The number of aromatic nitrogens is 1. The molecule has 0 aromatic carbocycles. The minimum Gasteiger partial charge on any atom is -0.384 e. The zero-order chi connectivity index (χ0) is 11.4. The first kappa shape index (κ1) is 11.5. The Morgan fingerprint density at radius 3 is 2.73 bits per heavy atom. The molecule has 82 valence electrons. The van der Waals surface area contributed by atoms with Crippen molar-refractivity contribution in [3.8, 4) is 0 Å². The van der Waals surface area contributed by atoms with E-state index in [0.29, 0.717) is 17.9 Å². The Balaban J connectivity index is 3.03. The van der Waals surface area contributed by atoms with Crippen molar-refractivity contribution in [2.45, 2.75) is 26.7 Å². The van der Waals surface area contributed by atoms with Crippen LogP contribution in [0.5, 0.6) is 0 Å². The van der Waals surface area contributed by atoms with Gasteiger partial charge in [0.1, 0.15) is 5.82 Å². The number of anilines is 1. The van der Waals surface area contributed by atoms with Crippen molar-refractivity contribution in [1.82, 2.24) is 10.3 Å². The molecule has 0 saturated heterocycles. The van der Waals surface area contributed by atoms with Gasteiger partial charge in [-0.05, 0) is 25.0 Å². The molecule has 0 aliphatic heterocycles. The maximum atomic E-state index is 11.6. The Bertz CT molecular complexity index is 361. The van der Waals surface area contributed by atoms with Crippen molar-refractivity contribution in [2.24, 2.45) is 0 Å². The van der Waals surface area contributed by atoms with Crippen molar-refractivity contribution < 1.29 is 4.79 Å². The van der Waals surface area contributed by atoms with Crippen molar-refractivity contribution in [2.75, 3.05) is 12.3 Å². The third kappa shape index (κ3) is 2.94.